The average molecular weight is 816 g/mol. The highest BCUT2D eigenvalue weighted by Gasteiger charge is 2.24. The number of carbonyl (C=O) groups is 2. The summed E-state index contributed by atoms with van der Waals surface area (Å²) >= 11 is 0. The van der Waals surface area contributed by atoms with E-state index in [2.05, 4.69) is 62.5 Å². The van der Waals surface area contributed by atoms with E-state index in [0.29, 0.717) is 19.3 Å². The minimum absolute atomic E-state index is 0.0521. The van der Waals surface area contributed by atoms with Gasteiger partial charge in [0, 0.05) is 6.42 Å². The lowest BCUT2D eigenvalue weighted by Gasteiger charge is -2.24. The molecule has 0 aliphatic carbocycles. The lowest BCUT2D eigenvalue weighted by Crippen LogP contribution is -2.46. The maximum absolute atomic E-state index is 13.1. The Hall–Kier alpha value is -1.92. The summed E-state index contributed by atoms with van der Waals surface area (Å²) in [6, 6.07) is -0.709. The maximum Gasteiger partial charge on any atom is 0.306 e. The standard InChI is InChI=1S/C52H97NO5/c1-4-7-10-13-16-19-22-23-24-25-26-27-28-30-33-36-39-42-45-52(57)58-48(43-40-37-34-31-29-20-17-14-11-8-5-2)46-51(56)53-49(47-54)50(55)44-41-38-35-32-21-18-15-12-9-6-3/h24-27,31,34,48-50,54-55H,4-23,28-30,32-33,35-47H2,1-3H3,(H,53,56)/b25-24+,27-26+,34-31-. The predicted octanol–water partition coefficient (Wildman–Crippen LogP) is 14.9. The van der Waals surface area contributed by atoms with Crippen LogP contribution in [0.4, 0.5) is 0 Å². The molecule has 3 unspecified atom stereocenters. The van der Waals surface area contributed by atoms with Gasteiger partial charge in [-0.1, -0.05) is 211 Å². The number of unbranched alkanes of at least 4 members (excludes halogenated alkanes) is 28. The summed E-state index contributed by atoms with van der Waals surface area (Å²) < 4.78 is 5.90. The Bertz CT molecular complexity index is 961. The van der Waals surface area contributed by atoms with Gasteiger partial charge in [-0.25, -0.2) is 0 Å². The Morgan fingerprint density at radius 2 is 0.897 bits per heavy atom. The van der Waals surface area contributed by atoms with Gasteiger partial charge in [0.1, 0.15) is 6.10 Å². The van der Waals surface area contributed by atoms with Crippen molar-refractivity contribution in [3.05, 3.63) is 36.5 Å². The number of ether oxygens (including phenoxy) is 1. The van der Waals surface area contributed by atoms with Gasteiger partial charge in [-0.05, 0) is 70.6 Å². The first kappa shape index (κ1) is 56.1. The van der Waals surface area contributed by atoms with Crippen LogP contribution in [0.2, 0.25) is 0 Å². The molecule has 0 bridgehead atoms. The molecule has 0 aliphatic rings. The Morgan fingerprint density at radius 3 is 1.36 bits per heavy atom. The van der Waals surface area contributed by atoms with E-state index >= 15 is 0 Å². The second-order valence-corrected chi connectivity index (χ2v) is 17.2. The number of rotatable bonds is 45. The van der Waals surface area contributed by atoms with Crippen molar-refractivity contribution in [3.8, 4) is 0 Å². The number of hydrogen-bond donors (Lipinski definition) is 3. The zero-order valence-corrected chi connectivity index (χ0v) is 38.7. The molecule has 0 spiro atoms. The molecule has 0 radical (unpaired) electrons. The number of nitrogens with one attached hydrogen (secondary N) is 1. The molecule has 0 saturated heterocycles. The van der Waals surface area contributed by atoms with Crippen LogP contribution < -0.4 is 5.32 Å². The molecule has 1 amide bonds. The van der Waals surface area contributed by atoms with Crippen LogP contribution in [-0.4, -0.2) is 46.9 Å². The van der Waals surface area contributed by atoms with Crippen molar-refractivity contribution in [2.24, 2.45) is 0 Å². The van der Waals surface area contributed by atoms with Gasteiger partial charge in [0.2, 0.25) is 5.91 Å². The quantitative estimate of drug-likeness (QED) is 0.0246. The lowest BCUT2D eigenvalue weighted by molar-refractivity contribution is -0.151. The average Bonchev–Trinajstić information content (AvgIpc) is 3.22. The molecule has 0 fully saturated rings. The third-order valence-electron chi connectivity index (χ3n) is 11.5. The summed E-state index contributed by atoms with van der Waals surface area (Å²) in [6.07, 6.45) is 53.5. The van der Waals surface area contributed by atoms with Crippen LogP contribution in [0.5, 0.6) is 0 Å². The van der Waals surface area contributed by atoms with E-state index in [1.54, 1.807) is 0 Å². The molecule has 0 aromatic carbocycles. The van der Waals surface area contributed by atoms with Crippen LogP contribution in [-0.2, 0) is 14.3 Å². The Balaban J connectivity index is 4.56. The van der Waals surface area contributed by atoms with E-state index in [0.717, 1.165) is 70.6 Å². The third kappa shape index (κ3) is 40.8. The molecule has 58 heavy (non-hydrogen) atoms. The largest absolute Gasteiger partial charge is 0.462 e. The monoisotopic (exact) mass is 816 g/mol. The third-order valence-corrected chi connectivity index (χ3v) is 11.5. The molecule has 3 N–H and O–H groups in total. The summed E-state index contributed by atoms with van der Waals surface area (Å²) in [5.74, 6) is -0.516. The predicted molar refractivity (Wildman–Crippen MR) is 250 cm³/mol. The van der Waals surface area contributed by atoms with Crippen molar-refractivity contribution in [3.63, 3.8) is 0 Å². The molecule has 0 rings (SSSR count). The number of esters is 1. The second kappa shape index (κ2) is 46.2. The highest BCUT2D eigenvalue weighted by molar-refractivity contribution is 5.77. The van der Waals surface area contributed by atoms with Gasteiger partial charge in [0.25, 0.3) is 0 Å². The molecule has 6 nitrogen and oxygen atoms in total. The van der Waals surface area contributed by atoms with Gasteiger partial charge in [-0.3, -0.25) is 9.59 Å². The first-order chi connectivity index (χ1) is 28.5. The van der Waals surface area contributed by atoms with E-state index < -0.39 is 18.2 Å². The smallest absolute Gasteiger partial charge is 0.306 e. The van der Waals surface area contributed by atoms with Crippen molar-refractivity contribution < 1.29 is 24.5 Å². The number of allylic oxidation sites excluding steroid dienone is 6. The molecule has 3 atom stereocenters. The van der Waals surface area contributed by atoms with E-state index in [4.69, 9.17) is 4.74 Å². The van der Waals surface area contributed by atoms with Crippen LogP contribution in [0.3, 0.4) is 0 Å². The molecule has 0 aromatic rings. The van der Waals surface area contributed by atoms with Gasteiger partial charge in [-0.15, -0.1) is 0 Å². The maximum atomic E-state index is 13.1. The minimum atomic E-state index is -0.793. The van der Waals surface area contributed by atoms with Crippen LogP contribution in [0.25, 0.3) is 0 Å². The zero-order valence-electron chi connectivity index (χ0n) is 38.7. The van der Waals surface area contributed by atoms with Crippen LogP contribution in [0, 0.1) is 0 Å². The summed E-state index contributed by atoms with van der Waals surface area (Å²) in [4.78, 5) is 26.0. The fourth-order valence-electron chi connectivity index (χ4n) is 7.60. The highest BCUT2D eigenvalue weighted by atomic mass is 16.5. The number of carbonyl (C=O) groups excluding carboxylic acids is 2. The fourth-order valence-corrected chi connectivity index (χ4v) is 7.60. The van der Waals surface area contributed by atoms with E-state index in [-0.39, 0.29) is 24.9 Å². The topological polar surface area (TPSA) is 95.9 Å². The van der Waals surface area contributed by atoms with Crippen molar-refractivity contribution in [2.45, 2.75) is 277 Å². The number of aliphatic hydroxyl groups excluding tert-OH is 2. The molecular formula is C52H97NO5. The van der Waals surface area contributed by atoms with Crippen molar-refractivity contribution in [2.75, 3.05) is 6.61 Å². The van der Waals surface area contributed by atoms with Crippen molar-refractivity contribution in [1.29, 1.82) is 0 Å². The lowest BCUT2D eigenvalue weighted by atomic mass is 10.0. The van der Waals surface area contributed by atoms with Crippen LogP contribution in [0.1, 0.15) is 258 Å². The molecule has 6 heteroatoms. The summed E-state index contributed by atoms with van der Waals surface area (Å²) in [5.41, 5.74) is 0. The zero-order chi connectivity index (χ0) is 42.4. The second-order valence-electron chi connectivity index (χ2n) is 17.2. The highest BCUT2D eigenvalue weighted by Crippen LogP contribution is 2.17. The van der Waals surface area contributed by atoms with Crippen LogP contribution >= 0.6 is 0 Å². The summed E-state index contributed by atoms with van der Waals surface area (Å²) in [6.45, 7) is 6.45. The molecule has 0 heterocycles. The van der Waals surface area contributed by atoms with Gasteiger partial charge >= 0.3 is 5.97 Å². The molecule has 0 saturated carbocycles. The van der Waals surface area contributed by atoms with E-state index in [9.17, 15) is 19.8 Å². The Kier molecular flexibility index (Phi) is 44.6. The number of hydrogen-bond acceptors (Lipinski definition) is 5. The minimum Gasteiger partial charge on any atom is -0.462 e. The number of aliphatic hydroxyl groups is 2. The Morgan fingerprint density at radius 1 is 0.500 bits per heavy atom. The fraction of sp³-hybridized carbons (Fsp3) is 0.846. The Labute approximate surface area is 360 Å². The van der Waals surface area contributed by atoms with Crippen molar-refractivity contribution >= 4 is 11.9 Å². The molecular weight excluding hydrogens is 719 g/mol. The SMILES string of the molecule is CCCCCCCC/C=C\CCCC(CC(=O)NC(CO)C(O)CCCCCCCCCCCC)OC(=O)CCCCCCC/C=C/C=C/CCCCCCCCC. The van der Waals surface area contributed by atoms with Gasteiger partial charge < -0.3 is 20.3 Å². The first-order valence-corrected chi connectivity index (χ1v) is 25.2. The number of amides is 1. The van der Waals surface area contributed by atoms with Crippen LogP contribution in [0.15, 0.2) is 36.5 Å². The van der Waals surface area contributed by atoms with Gasteiger partial charge in [0.15, 0.2) is 0 Å². The van der Waals surface area contributed by atoms with E-state index in [1.165, 1.54) is 141 Å². The molecule has 340 valence electrons. The van der Waals surface area contributed by atoms with Gasteiger partial charge in [-0.2, -0.15) is 0 Å². The molecule has 0 aliphatic heterocycles. The summed E-state index contributed by atoms with van der Waals surface area (Å²) in [7, 11) is 0. The first-order valence-electron chi connectivity index (χ1n) is 25.2. The van der Waals surface area contributed by atoms with Gasteiger partial charge in [0.05, 0.1) is 25.2 Å². The normalized spacial score (nSPS) is 13.5. The van der Waals surface area contributed by atoms with Crippen molar-refractivity contribution in [1.82, 2.24) is 5.32 Å². The molecule has 0 aromatic heterocycles. The van der Waals surface area contributed by atoms with E-state index in [1.807, 2.05) is 0 Å². The summed E-state index contributed by atoms with van der Waals surface area (Å²) in [5, 5.41) is 23.6.